The van der Waals surface area contributed by atoms with Gasteiger partial charge in [-0.3, -0.25) is 9.59 Å². The molecular formula is C22H21BN2O6. The van der Waals surface area contributed by atoms with Crippen LogP contribution in [0.5, 0.6) is 11.5 Å². The summed E-state index contributed by atoms with van der Waals surface area (Å²) >= 11 is 0. The molecule has 0 aliphatic rings. The zero-order chi connectivity index (χ0) is 22.4. The van der Waals surface area contributed by atoms with Crippen molar-refractivity contribution in [2.75, 3.05) is 24.9 Å². The Morgan fingerprint density at radius 3 is 1.68 bits per heavy atom. The molecule has 0 heterocycles. The van der Waals surface area contributed by atoms with E-state index in [1.807, 2.05) is 0 Å². The summed E-state index contributed by atoms with van der Waals surface area (Å²) in [6.45, 7) is 0. The minimum atomic E-state index is -1.81. The van der Waals surface area contributed by atoms with Crippen molar-refractivity contribution in [1.82, 2.24) is 0 Å². The Kier molecular flexibility index (Phi) is 6.91. The Morgan fingerprint density at radius 1 is 0.742 bits per heavy atom. The summed E-state index contributed by atoms with van der Waals surface area (Å²) < 4.78 is 10.2. The first-order valence-electron chi connectivity index (χ1n) is 9.32. The zero-order valence-corrected chi connectivity index (χ0v) is 17.0. The van der Waals surface area contributed by atoms with Crippen molar-refractivity contribution in [3.63, 3.8) is 0 Å². The van der Waals surface area contributed by atoms with E-state index in [9.17, 15) is 19.6 Å². The molecule has 0 saturated carbocycles. The molecule has 3 aromatic rings. The Balaban J connectivity index is 1.80. The molecule has 0 aliphatic heterocycles. The number of carbonyl (C=O) groups is 2. The predicted molar refractivity (Wildman–Crippen MR) is 118 cm³/mol. The number of methoxy groups -OCH3 is 2. The van der Waals surface area contributed by atoms with Gasteiger partial charge in [-0.1, -0.05) is 6.07 Å². The Hall–Kier alpha value is -3.82. The number of hydrogen-bond acceptors (Lipinski definition) is 6. The second-order valence-corrected chi connectivity index (χ2v) is 6.54. The SMILES string of the molecule is COc1ccc(C(=O)Nc2ccc(B(O)O)c(NC(=O)c3ccc(OC)cc3)c2)cc1. The van der Waals surface area contributed by atoms with Gasteiger partial charge in [0.15, 0.2) is 0 Å². The van der Waals surface area contributed by atoms with Crippen LogP contribution in [0.1, 0.15) is 20.7 Å². The molecular weight excluding hydrogens is 399 g/mol. The van der Waals surface area contributed by atoms with Gasteiger partial charge in [0.05, 0.1) is 14.2 Å². The lowest BCUT2D eigenvalue weighted by atomic mass is 9.78. The maximum Gasteiger partial charge on any atom is 0.490 e. The molecule has 0 atom stereocenters. The van der Waals surface area contributed by atoms with E-state index >= 15 is 0 Å². The Labute approximate surface area is 179 Å². The van der Waals surface area contributed by atoms with E-state index in [1.165, 1.54) is 32.4 Å². The van der Waals surface area contributed by atoms with Gasteiger partial charge in [-0.15, -0.1) is 0 Å². The van der Waals surface area contributed by atoms with E-state index < -0.39 is 13.0 Å². The molecule has 0 unspecified atom stereocenters. The van der Waals surface area contributed by atoms with Crippen LogP contribution in [-0.4, -0.2) is 43.2 Å². The fourth-order valence-electron chi connectivity index (χ4n) is 2.85. The molecule has 0 aromatic heterocycles. The topological polar surface area (TPSA) is 117 Å². The monoisotopic (exact) mass is 420 g/mol. The number of nitrogens with one attached hydrogen (secondary N) is 2. The summed E-state index contributed by atoms with van der Waals surface area (Å²) in [6.07, 6.45) is 0. The lowest BCUT2D eigenvalue weighted by Crippen LogP contribution is -2.33. The van der Waals surface area contributed by atoms with Gasteiger partial charge < -0.3 is 30.2 Å². The molecule has 0 bridgehead atoms. The minimum absolute atomic E-state index is 0.0873. The maximum atomic E-state index is 12.6. The Morgan fingerprint density at radius 2 is 1.23 bits per heavy atom. The van der Waals surface area contributed by atoms with E-state index in [-0.39, 0.29) is 17.1 Å². The normalized spacial score (nSPS) is 10.2. The van der Waals surface area contributed by atoms with Gasteiger partial charge in [0.25, 0.3) is 11.8 Å². The quantitative estimate of drug-likeness (QED) is 0.434. The van der Waals surface area contributed by atoms with Crippen molar-refractivity contribution in [1.29, 1.82) is 0 Å². The second-order valence-electron chi connectivity index (χ2n) is 6.54. The number of benzene rings is 3. The lowest BCUT2D eigenvalue weighted by molar-refractivity contribution is 0.101. The third kappa shape index (κ3) is 5.41. The number of carbonyl (C=O) groups excluding carboxylic acids is 2. The van der Waals surface area contributed by atoms with Gasteiger partial charge in [-0.2, -0.15) is 0 Å². The molecule has 3 rings (SSSR count). The predicted octanol–water partition coefficient (Wildman–Crippen LogP) is 1.89. The van der Waals surface area contributed by atoms with Crippen molar-refractivity contribution in [3.05, 3.63) is 77.9 Å². The van der Waals surface area contributed by atoms with Crippen LogP contribution in [0.2, 0.25) is 0 Å². The van der Waals surface area contributed by atoms with E-state index in [2.05, 4.69) is 10.6 Å². The first-order chi connectivity index (χ1) is 14.9. The average Bonchev–Trinajstić information content (AvgIpc) is 2.79. The maximum absolute atomic E-state index is 12.6. The molecule has 3 aromatic carbocycles. The summed E-state index contributed by atoms with van der Waals surface area (Å²) in [5.74, 6) is 0.406. The summed E-state index contributed by atoms with van der Waals surface area (Å²) in [6, 6.07) is 17.4. The van der Waals surface area contributed by atoms with Crippen LogP contribution in [0, 0.1) is 0 Å². The van der Waals surface area contributed by atoms with Crippen molar-refractivity contribution in [3.8, 4) is 11.5 Å². The van der Waals surface area contributed by atoms with Crippen molar-refractivity contribution < 1.29 is 29.1 Å². The molecule has 9 heteroatoms. The average molecular weight is 420 g/mol. The number of rotatable bonds is 7. The number of ether oxygens (including phenoxy) is 2. The van der Waals surface area contributed by atoms with Crippen molar-refractivity contribution >= 4 is 35.8 Å². The van der Waals surface area contributed by atoms with Crippen molar-refractivity contribution in [2.45, 2.75) is 0 Å². The van der Waals surface area contributed by atoms with Crippen LogP contribution >= 0.6 is 0 Å². The van der Waals surface area contributed by atoms with Gasteiger partial charge in [0.2, 0.25) is 0 Å². The van der Waals surface area contributed by atoms with Gasteiger partial charge in [0, 0.05) is 28.0 Å². The summed E-state index contributed by atoms with van der Waals surface area (Å²) in [5.41, 5.74) is 1.38. The Bertz CT molecular complexity index is 1070. The van der Waals surface area contributed by atoms with Gasteiger partial charge in [0.1, 0.15) is 11.5 Å². The highest BCUT2D eigenvalue weighted by atomic mass is 16.5. The van der Waals surface area contributed by atoms with E-state index in [1.54, 1.807) is 48.5 Å². The second kappa shape index (κ2) is 9.79. The summed E-state index contributed by atoms with van der Waals surface area (Å²) in [5, 5.41) is 24.7. The van der Waals surface area contributed by atoms with E-state index in [0.717, 1.165) is 0 Å². The van der Waals surface area contributed by atoms with Crippen LogP contribution in [0.4, 0.5) is 11.4 Å². The molecule has 0 spiro atoms. The molecule has 0 fully saturated rings. The first-order valence-corrected chi connectivity index (χ1v) is 9.32. The highest BCUT2D eigenvalue weighted by molar-refractivity contribution is 6.60. The van der Waals surface area contributed by atoms with Crippen molar-refractivity contribution in [2.24, 2.45) is 0 Å². The fourth-order valence-corrected chi connectivity index (χ4v) is 2.85. The van der Waals surface area contributed by atoms with Crippen LogP contribution in [0.15, 0.2) is 66.7 Å². The van der Waals surface area contributed by atoms with Crippen LogP contribution in [0.25, 0.3) is 0 Å². The van der Waals surface area contributed by atoms with Gasteiger partial charge >= 0.3 is 7.12 Å². The summed E-state index contributed by atoms with van der Waals surface area (Å²) in [7, 11) is 1.25. The third-order valence-electron chi connectivity index (χ3n) is 4.54. The first kappa shape index (κ1) is 21.9. The highest BCUT2D eigenvalue weighted by Crippen LogP contribution is 2.18. The minimum Gasteiger partial charge on any atom is -0.497 e. The van der Waals surface area contributed by atoms with E-state index in [0.29, 0.717) is 28.3 Å². The third-order valence-corrected chi connectivity index (χ3v) is 4.54. The molecule has 8 nitrogen and oxygen atoms in total. The molecule has 0 radical (unpaired) electrons. The molecule has 4 N–H and O–H groups in total. The van der Waals surface area contributed by atoms with Crippen LogP contribution in [0.3, 0.4) is 0 Å². The molecule has 2 amide bonds. The smallest absolute Gasteiger partial charge is 0.490 e. The zero-order valence-electron chi connectivity index (χ0n) is 17.0. The highest BCUT2D eigenvalue weighted by Gasteiger charge is 2.19. The fraction of sp³-hybridized carbons (Fsp3) is 0.0909. The molecule has 0 saturated heterocycles. The standard InChI is InChI=1S/C22H21BN2O6/c1-30-17-8-3-14(4-9-17)21(26)24-16-7-12-19(23(28)29)20(13-16)25-22(27)15-5-10-18(31-2)11-6-15/h3-13,28-29H,1-2H3,(H,24,26)(H,25,27). The molecule has 0 aliphatic carbocycles. The largest absolute Gasteiger partial charge is 0.497 e. The summed E-state index contributed by atoms with van der Waals surface area (Å²) in [4.78, 5) is 25.1. The van der Waals surface area contributed by atoms with Crippen LogP contribution in [-0.2, 0) is 0 Å². The van der Waals surface area contributed by atoms with Gasteiger partial charge in [-0.25, -0.2) is 0 Å². The van der Waals surface area contributed by atoms with E-state index in [4.69, 9.17) is 9.47 Å². The molecule has 31 heavy (non-hydrogen) atoms. The van der Waals surface area contributed by atoms with Crippen LogP contribution < -0.4 is 25.6 Å². The van der Waals surface area contributed by atoms with Gasteiger partial charge in [-0.05, 0) is 60.7 Å². The number of amides is 2. The number of hydrogen-bond donors (Lipinski definition) is 4. The number of anilines is 2. The molecule has 158 valence electrons. The lowest BCUT2D eigenvalue weighted by Gasteiger charge is -2.14.